The molecule has 1 atom stereocenters. The zero-order valence-corrected chi connectivity index (χ0v) is 13.8. The number of nitrogens with one attached hydrogen (secondary N) is 1. The summed E-state index contributed by atoms with van der Waals surface area (Å²) in [4.78, 5) is 16.6. The second kappa shape index (κ2) is 8.15. The molecule has 1 N–H and O–H groups in total. The first-order valence-electron chi connectivity index (χ1n) is 7.90. The van der Waals surface area contributed by atoms with Crippen LogP contribution >= 0.6 is 0 Å². The molecule has 2 rings (SSSR count). The smallest absolute Gasteiger partial charge is 0.234 e. The van der Waals surface area contributed by atoms with Gasteiger partial charge >= 0.3 is 0 Å². The van der Waals surface area contributed by atoms with Crippen molar-refractivity contribution in [3.05, 3.63) is 29.8 Å². The van der Waals surface area contributed by atoms with E-state index in [0.29, 0.717) is 19.1 Å². The first-order valence-corrected chi connectivity index (χ1v) is 7.90. The van der Waals surface area contributed by atoms with Crippen LogP contribution in [0, 0.1) is 0 Å². The van der Waals surface area contributed by atoms with E-state index in [0.717, 1.165) is 31.8 Å². The first-order chi connectivity index (χ1) is 10.6. The number of piperazine rings is 1. The van der Waals surface area contributed by atoms with Gasteiger partial charge < -0.3 is 15.0 Å². The Morgan fingerprint density at radius 1 is 1.32 bits per heavy atom. The van der Waals surface area contributed by atoms with Crippen LogP contribution in [-0.4, -0.2) is 68.6 Å². The third kappa shape index (κ3) is 5.00. The molecule has 0 bridgehead atoms. The van der Waals surface area contributed by atoms with E-state index in [4.69, 9.17) is 4.74 Å². The maximum Gasteiger partial charge on any atom is 0.234 e. The Hall–Kier alpha value is -1.59. The minimum absolute atomic E-state index is 0.116. The Bertz CT molecular complexity index is 475. The number of amides is 1. The van der Waals surface area contributed by atoms with Gasteiger partial charge in [0.2, 0.25) is 5.91 Å². The predicted octanol–water partition coefficient (Wildman–Crippen LogP) is 0.990. The molecule has 5 heteroatoms. The van der Waals surface area contributed by atoms with E-state index < -0.39 is 0 Å². The monoisotopic (exact) mass is 305 g/mol. The SMILES string of the molecule is COc1ccc(CCNC(=O)CN2CCN(C)C[C@@H]2C)cc1. The second-order valence-corrected chi connectivity index (χ2v) is 6.03. The number of likely N-dealkylation sites (N-methyl/N-ethyl adjacent to an activating group) is 1. The third-order valence-corrected chi connectivity index (χ3v) is 4.21. The van der Waals surface area contributed by atoms with Crippen molar-refractivity contribution in [3.8, 4) is 5.75 Å². The number of ether oxygens (including phenoxy) is 1. The molecule has 1 aromatic carbocycles. The van der Waals surface area contributed by atoms with Crippen LogP contribution in [-0.2, 0) is 11.2 Å². The Morgan fingerprint density at radius 2 is 2.05 bits per heavy atom. The summed E-state index contributed by atoms with van der Waals surface area (Å²) in [5.41, 5.74) is 1.20. The summed E-state index contributed by atoms with van der Waals surface area (Å²) in [5, 5.41) is 3.01. The van der Waals surface area contributed by atoms with Gasteiger partial charge in [0, 0.05) is 32.2 Å². The summed E-state index contributed by atoms with van der Waals surface area (Å²) >= 11 is 0. The fourth-order valence-corrected chi connectivity index (χ4v) is 2.79. The van der Waals surface area contributed by atoms with Crippen LogP contribution in [0.25, 0.3) is 0 Å². The molecule has 1 aliphatic rings. The fourth-order valence-electron chi connectivity index (χ4n) is 2.79. The summed E-state index contributed by atoms with van der Waals surface area (Å²) in [5.74, 6) is 0.974. The zero-order chi connectivity index (χ0) is 15.9. The van der Waals surface area contributed by atoms with E-state index in [2.05, 4.69) is 29.1 Å². The van der Waals surface area contributed by atoms with E-state index in [9.17, 15) is 4.79 Å². The molecule has 122 valence electrons. The predicted molar refractivity (Wildman–Crippen MR) is 88.2 cm³/mol. The van der Waals surface area contributed by atoms with E-state index in [1.165, 1.54) is 5.56 Å². The van der Waals surface area contributed by atoms with Crippen molar-refractivity contribution in [2.24, 2.45) is 0 Å². The van der Waals surface area contributed by atoms with Crippen molar-refractivity contribution in [1.82, 2.24) is 15.1 Å². The molecule has 1 amide bonds. The van der Waals surface area contributed by atoms with Gasteiger partial charge in [-0.1, -0.05) is 12.1 Å². The Labute approximate surface area is 133 Å². The highest BCUT2D eigenvalue weighted by Crippen LogP contribution is 2.11. The molecular weight excluding hydrogens is 278 g/mol. The number of carbonyl (C=O) groups is 1. The third-order valence-electron chi connectivity index (χ3n) is 4.21. The first kappa shape index (κ1) is 16.8. The molecule has 22 heavy (non-hydrogen) atoms. The van der Waals surface area contributed by atoms with E-state index in [1.54, 1.807) is 7.11 Å². The van der Waals surface area contributed by atoms with Crippen LogP contribution in [0.3, 0.4) is 0 Å². The van der Waals surface area contributed by atoms with Crippen molar-refractivity contribution in [1.29, 1.82) is 0 Å². The van der Waals surface area contributed by atoms with Crippen LogP contribution < -0.4 is 10.1 Å². The van der Waals surface area contributed by atoms with Crippen LogP contribution in [0.5, 0.6) is 5.75 Å². The highest BCUT2D eigenvalue weighted by Gasteiger charge is 2.22. The van der Waals surface area contributed by atoms with Crippen molar-refractivity contribution in [3.63, 3.8) is 0 Å². The molecule has 0 unspecified atom stereocenters. The Kier molecular flexibility index (Phi) is 6.21. The fraction of sp³-hybridized carbons (Fsp3) is 0.588. The molecule has 0 spiro atoms. The molecule has 0 radical (unpaired) electrons. The lowest BCUT2D eigenvalue weighted by Gasteiger charge is -2.37. The molecule has 1 aromatic rings. The van der Waals surface area contributed by atoms with Crippen molar-refractivity contribution >= 4 is 5.91 Å². The van der Waals surface area contributed by atoms with Gasteiger partial charge in [-0.2, -0.15) is 0 Å². The Balaban J connectivity index is 1.69. The zero-order valence-electron chi connectivity index (χ0n) is 13.8. The van der Waals surface area contributed by atoms with Gasteiger partial charge in [0.1, 0.15) is 5.75 Å². The molecule has 1 fully saturated rings. The lowest BCUT2D eigenvalue weighted by Crippen LogP contribution is -2.53. The largest absolute Gasteiger partial charge is 0.497 e. The van der Waals surface area contributed by atoms with Gasteiger partial charge in [-0.15, -0.1) is 0 Å². The summed E-state index contributed by atoms with van der Waals surface area (Å²) in [6.45, 7) is 6.37. The summed E-state index contributed by atoms with van der Waals surface area (Å²) in [6.07, 6.45) is 0.841. The number of methoxy groups -OCH3 is 1. The lowest BCUT2D eigenvalue weighted by atomic mass is 10.1. The molecule has 0 saturated carbocycles. The van der Waals surface area contributed by atoms with E-state index >= 15 is 0 Å². The molecule has 0 aliphatic carbocycles. The average molecular weight is 305 g/mol. The lowest BCUT2D eigenvalue weighted by molar-refractivity contribution is -0.123. The van der Waals surface area contributed by atoms with Crippen molar-refractivity contribution in [2.75, 3.05) is 46.9 Å². The van der Waals surface area contributed by atoms with Gasteiger partial charge in [0.15, 0.2) is 0 Å². The van der Waals surface area contributed by atoms with Gasteiger partial charge in [-0.25, -0.2) is 0 Å². The normalized spacial score (nSPS) is 19.9. The van der Waals surface area contributed by atoms with Crippen LogP contribution in [0.15, 0.2) is 24.3 Å². The minimum atomic E-state index is 0.116. The molecule has 1 heterocycles. The number of rotatable bonds is 6. The average Bonchev–Trinajstić information content (AvgIpc) is 2.51. The quantitative estimate of drug-likeness (QED) is 0.851. The maximum absolute atomic E-state index is 12.0. The molecular formula is C17H27N3O2. The second-order valence-electron chi connectivity index (χ2n) is 6.03. The van der Waals surface area contributed by atoms with E-state index in [1.807, 2.05) is 24.3 Å². The molecule has 5 nitrogen and oxygen atoms in total. The van der Waals surface area contributed by atoms with Crippen LogP contribution in [0.1, 0.15) is 12.5 Å². The summed E-state index contributed by atoms with van der Waals surface area (Å²) < 4.78 is 5.14. The Morgan fingerprint density at radius 3 is 2.68 bits per heavy atom. The van der Waals surface area contributed by atoms with Gasteiger partial charge in [-0.05, 0) is 38.1 Å². The van der Waals surface area contributed by atoms with Crippen molar-refractivity contribution < 1.29 is 9.53 Å². The van der Waals surface area contributed by atoms with Gasteiger partial charge in [-0.3, -0.25) is 9.69 Å². The minimum Gasteiger partial charge on any atom is -0.497 e. The highest BCUT2D eigenvalue weighted by atomic mass is 16.5. The van der Waals surface area contributed by atoms with Crippen LogP contribution in [0.4, 0.5) is 0 Å². The van der Waals surface area contributed by atoms with Gasteiger partial charge in [0.05, 0.1) is 13.7 Å². The van der Waals surface area contributed by atoms with Gasteiger partial charge in [0.25, 0.3) is 0 Å². The standard InChI is InChI=1S/C17H27N3O2/c1-14-12-19(2)10-11-20(14)13-17(21)18-9-8-15-4-6-16(22-3)7-5-15/h4-7,14H,8-13H2,1-3H3,(H,18,21)/t14-/m0/s1. The highest BCUT2D eigenvalue weighted by molar-refractivity contribution is 5.78. The van der Waals surface area contributed by atoms with Crippen molar-refractivity contribution in [2.45, 2.75) is 19.4 Å². The van der Waals surface area contributed by atoms with Crippen LogP contribution in [0.2, 0.25) is 0 Å². The summed E-state index contributed by atoms with van der Waals surface area (Å²) in [7, 11) is 3.79. The number of hydrogen-bond acceptors (Lipinski definition) is 4. The molecule has 1 aliphatic heterocycles. The topological polar surface area (TPSA) is 44.8 Å². The summed E-state index contributed by atoms with van der Waals surface area (Å²) in [6, 6.07) is 8.40. The molecule has 1 saturated heterocycles. The number of benzene rings is 1. The number of carbonyl (C=O) groups excluding carboxylic acids is 1. The number of hydrogen-bond donors (Lipinski definition) is 1. The van der Waals surface area contributed by atoms with E-state index in [-0.39, 0.29) is 5.91 Å². The molecule has 0 aromatic heterocycles. The number of nitrogens with zero attached hydrogens (tertiary/aromatic N) is 2. The maximum atomic E-state index is 12.0.